The maximum absolute atomic E-state index is 12.0. The first-order valence-corrected chi connectivity index (χ1v) is 8.55. The van der Waals surface area contributed by atoms with E-state index >= 15 is 0 Å². The van der Waals surface area contributed by atoms with E-state index in [1.807, 2.05) is 30.3 Å². The van der Waals surface area contributed by atoms with Crippen molar-refractivity contribution in [3.63, 3.8) is 0 Å². The van der Waals surface area contributed by atoms with Crippen LogP contribution in [0, 0.1) is 5.92 Å². The predicted molar refractivity (Wildman–Crippen MR) is 82.5 cm³/mol. The molecule has 0 spiro atoms. The summed E-state index contributed by atoms with van der Waals surface area (Å²) in [5.74, 6) is -0.210. The zero-order chi connectivity index (χ0) is 15.7. The topological polar surface area (TPSA) is 109 Å². The molecule has 1 aromatic carbocycles. The van der Waals surface area contributed by atoms with Gasteiger partial charge in [-0.1, -0.05) is 30.3 Å². The number of hydrogen-bond donors (Lipinski definition) is 2. The number of primary sulfonamides is 1. The fourth-order valence-electron chi connectivity index (χ4n) is 2.64. The summed E-state index contributed by atoms with van der Waals surface area (Å²) < 4.78 is 22.3. The standard InChI is InChI=1S/C14H16N4O3S/c15-22(20,21)9-10-6-13(19)18(8-10)14-16-7-12(17-14)11-4-2-1-3-5-11/h1-5,7,10H,6,8-9H2,(H,16,17)(H2,15,20,21). The zero-order valence-electron chi connectivity index (χ0n) is 11.8. The molecule has 1 aliphatic heterocycles. The first-order valence-electron chi connectivity index (χ1n) is 6.83. The van der Waals surface area contributed by atoms with E-state index in [1.54, 1.807) is 6.20 Å². The van der Waals surface area contributed by atoms with Crippen LogP contribution in [0.1, 0.15) is 6.42 Å². The van der Waals surface area contributed by atoms with Gasteiger partial charge in [-0.05, 0) is 5.56 Å². The SMILES string of the molecule is NS(=O)(=O)CC1CC(=O)N(c2ncc(-c3ccccc3)[nH]2)C1. The average molecular weight is 320 g/mol. The molecule has 1 aliphatic rings. The summed E-state index contributed by atoms with van der Waals surface area (Å²) >= 11 is 0. The maximum Gasteiger partial charge on any atom is 0.229 e. The van der Waals surface area contributed by atoms with E-state index in [1.165, 1.54) is 4.90 Å². The number of anilines is 1. The molecule has 2 aromatic rings. The minimum Gasteiger partial charge on any atom is -0.324 e. The van der Waals surface area contributed by atoms with Crippen molar-refractivity contribution in [2.75, 3.05) is 17.2 Å². The molecule has 22 heavy (non-hydrogen) atoms. The van der Waals surface area contributed by atoms with Crippen LogP contribution in [0.4, 0.5) is 5.95 Å². The van der Waals surface area contributed by atoms with Gasteiger partial charge in [0.25, 0.3) is 0 Å². The highest BCUT2D eigenvalue weighted by Crippen LogP contribution is 2.26. The second-order valence-corrected chi connectivity index (χ2v) is 7.05. The molecule has 1 unspecified atom stereocenters. The van der Waals surface area contributed by atoms with Crippen LogP contribution >= 0.6 is 0 Å². The molecule has 1 fully saturated rings. The molecule has 1 amide bonds. The Balaban J connectivity index is 1.78. The van der Waals surface area contributed by atoms with Gasteiger partial charge in [-0.2, -0.15) is 0 Å². The lowest BCUT2D eigenvalue weighted by molar-refractivity contribution is -0.117. The van der Waals surface area contributed by atoms with Gasteiger partial charge >= 0.3 is 0 Å². The minimum absolute atomic E-state index is 0.150. The van der Waals surface area contributed by atoms with Gasteiger partial charge in [0, 0.05) is 18.9 Å². The zero-order valence-corrected chi connectivity index (χ0v) is 12.6. The van der Waals surface area contributed by atoms with Crippen molar-refractivity contribution in [3.05, 3.63) is 36.5 Å². The van der Waals surface area contributed by atoms with E-state index in [0.717, 1.165) is 11.3 Å². The number of carbonyl (C=O) groups is 1. The number of benzene rings is 1. The smallest absolute Gasteiger partial charge is 0.229 e. The summed E-state index contributed by atoms with van der Waals surface area (Å²) in [6, 6.07) is 9.63. The van der Waals surface area contributed by atoms with E-state index in [9.17, 15) is 13.2 Å². The molecule has 0 bridgehead atoms. The van der Waals surface area contributed by atoms with Crippen molar-refractivity contribution in [3.8, 4) is 11.3 Å². The highest BCUT2D eigenvalue weighted by molar-refractivity contribution is 7.89. The number of carbonyl (C=O) groups excluding carboxylic acids is 1. The lowest BCUT2D eigenvalue weighted by Gasteiger charge is -2.12. The highest BCUT2D eigenvalue weighted by atomic mass is 32.2. The van der Waals surface area contributed by atoms with Crippen molar-refractivity contribution in [2.24, 2.45) is 11.1 Å². The van der Waals surface area contributed by atoms with E-state index in [4.69, 9.17) is 5.14 Å². The van der Waals surface area contributed by atoms with Crippen LogP contribution in [-0.2, 0) is 14.8 Å². The number of rotatable bonds is 4. The quantitative estimate of drug-likeness (QED) is 0.865. The number of aromatic amines is 1. The van der Waals surface area contributed by atoms with Crippen molar-refractivity contribution in [1.29, 1.82) is 0 Å². The summed E-state index contributed by atoms with van der Waals surface area (Å²) in [5.41, 5.74) is 1.77. The van der Waals surface area contributed by atoms with Gasteiger partial charge in [0.1, 0.15) is 0 Å². The second kappa shape index (κ2) is 5.54. The van der Waals surface area contributed by atoms with E-state index in [2.05, 4.69) is 9.97 Å². The largest absolute Gasteiger partial charge is 0.324 e. The molecule has 8 heteroatoms. The third-order valence-corrected chi connectivity index (χ3v) is 4.51. The number of hydrogen-bond acceptors (Lipinski definition) is 4. The van der Waals surface area contributed by atoms with Crippen LogP contribution in [-0.4, -0.2) is 36.6 Å². The van der Waals surface area contributed by atoms with Crippen LogP contribution in [0.25, 0.3) is 11.3 Å². The molecule has 0 radical (unpaired) electrons. The van der Waals surface area contributed by atoms with Gasteiger partial charge < -0.3 is 4.98 Å². The number of amides is 1. The Bertz CT molecular complexity index is 785. The van der Waals surface area contributed by atoms with Crippen LogP contribution in [0.2, 0.25) is 0 Å². The first kappa shape index (κ1) is 14.7. The third-order valence-electron chi connectivity index (χ3n) is 3.58. The number of nitrogens with zero attached hydrogens (tertiary/aromatic N) is 2. The van der Waals surface area contributed by atoms with Crippen molar-refractivity contribution < 1.29 is 13.2 Å². The lowest BCUT2D eigenvalue weighted by Crippen LogP contribution is -2.28. The van der Waals surface area contributed by atoms with Crippen molar-refractivity contribution in [2.45, 2.75) is 6.42 Å². The van der Waals surface area contributed by atoms with Gasteiger partial charge in [0.15, 0.2) is 0 Å². The Labute approximate surface area is 128 Å². The molecule has 3 N–H and O–H groups in total. The molecule has 7 nitrogen and oxygen atoms in total. The van der Waals surface area contributed by atoms with Crippen molar-refractivity contribution in [1.82, 2.24) is 9.97 Å². The molecule has 1 aromatic heterocycles. The molecule has 1 atom stereocenters. The second-order valence-electron chi connectivity index (χ2n) is 5.39. The summed E-state index contributed by atoms with van der Waals surface area (Å²) in [6.45, 7) is 0.303. The molecule has 1 saturated heterocycles. The molecule has 0 aliphatic carbocycles. The summed E-state index contributed by atoms with van der Waals surface area (Å²) in [6.07, 6.45) is 1.82. The van der Waals surface area contributed by atoms with Gasteiger partial charge in [-0.15, -0.1) is 0 Å². The number of H-pyrrole nitrogens is 1. The minimum atomic E-state index is -3.58. The van der Waals surface area contributed by atoms with Gasteiger partial charge in [-0.25, -0.2) is 18.5 Å². The maximum atomic E-state index is 12.0. The molecule has 3 rings (SSSR count). The number of nitrogens with one attached hydrogen (secondary N) is 1. The molecule has 0 saturated carbocycles. The van der Waals surface area contributed by atoms with Gasteiger partial charge in [0.05, 0.1) is 17.6 Å². The Hall–Kier alpha value is -2.19. The fraction of sp³-hybridized carbons (Fsp3) is 0.286. The number of nitrogens with two attached hydrogens (primary N) is 1. The molecular weight excluding hydrogens is 304 g/mol. The molecular formula is C14H16N4O3S. The lowest BCUT2D eigenvalue weighted by atomic mass is 10.1. The Kier molecular flexibility index (Phi) is 3.71. The first-order chi connectivity index (χ1) is 10.4. The van der Waals surface area contributed by atoms with Crippen LogP contribution < -0.4 is 10.0 Å². The van der Waals surface area contributed by atoms with Crippen LogP contribution in [0.3, 0.4) is 0 Å². The normalized spacial score (nSPS) is 18.9. The number of aromatic nitrogens is 2. The summed E-state index contributed by atoms with van der Waals surface area (Å²) in [4.78, 5) is 20.8. The highest BCUT2D eigenvalue weighted by Gasteiger charge is 2.34. The Morgan fingerprint density at radius 1 is 1.32 bits per heavy atom. The monoisotopic (exact) mass is 320 g/mol. The van der Waals surface area contributed by atoms with Crippen LogP contribution in [0.15, 0.2) is 36.5 Å². The Morgan fingerprint density at radius 3 is 2.73 bits per heavy atom. The third kappa shape index (κ3) is 3.18. The van der Waals surface area contributed by atoms with Gasteiger partial charge in [0.2, 0.25) is 21.9 Å². The van der Waals surface area contributed by atoms with E-state index in [0.29, 0.717) is 12.5 Å². The summed E-state index contributed by atoms with van der Waals surface area (Å²) in [7, 11) is -3.58. The predicted octanol–water partition coefficient (Wildman–Crippen LogP) is 0.718. The van der Waals surface area contributed by atoms with E-state index < -0.39 is 10.0 Å². The number of sulfonamides is 1. The number of imidazole rings is 1. The molecule has 2 heterocycles. The summed E-state index contributed by atoms with van der Waals surface area (Å²) in [5, 5.41) is 5.04. The van der Waals surface area contributed by atoms with E-state index in [-0.39, 0.29) is 24.0 Å². The van der Waals surface area contributed by atoms with Crippen molar-refractivity contribution >= 4 is 21.9 Å². The van der Waals surface area contributed by atoms with Crippen LogP contribution in [0.5, 0.6) is 0 Å². The van der Waals surface area contributed by atoms with Gasteiger partial charge in [-0.3, -0.25) is 9.69 Å². The Morgan fingerprint density at radius 2 is 2.05 bits per heavy atom. The fourth-order valence-corrected chi connectivity index (χ4v) is 3.52. The average Bonchev–Trinajstić information content (AvgIpc) is 3.05. The molecule has 116 valence electrons.